The van der Waals surface area contributed by atoms with Crippen molar-refractivity contribution < 1.29 is 24.2 Å². The molecule has 0 fully saturated rings. The number of nitriles is 1. The predicted octanol–water partition coefficient (Wildman–Crippen LogP) is -0.0521. The Kier molecular flexibility index (Phi) is 7.68. The fraction of sp³-hybridized carbons (Fsp3) is 0.636. The Balaban J connectivity index is 4.34. The van der Waals surface area contributed by atoms with Crippen LogP contribution in [0.1, 0.15) is 19.3 Å². The first-order valence-electron chi connectivity index (χ1n) is 5.60. The monoisotopic (exact) mass is 271 g/mol. The molecule has 106 valence electrons. The van der Waals surface area contributed by atoms with E-state index in [9.17, 15) is 14.4 Å². The van der Waals surface area contributed by atoms with Crippen LogP contribution in [-0.4, -0.2) is 54.7 Å². The van der Waals surface area contributed by atoms with Crippen molar-refractivity contribution in [1.82, 2.24) is 10.2 Å². The summed E-state index contributed by atoms with van der Waals surface area (Å²) in [6.07, 6.45) is -0.000683. The van der Waals surface area contributed by atoms with E-state index in [0.29, 0.717) is 0 Å². The molecule has 0 aliphatic carbocycles. The third-order valence-corrected chi connectivity index (χ3v) is 2.37. The van der Waals surface area contributed by atoms with Crippen LogP contribution in [-0.2, 0) is 14.3 Å². The van der Waals surface area contributed by atoms with Gasteiger partial charge in [-0.05, 0) is 6.42 Å². The third kappa shape index (κ3) is 6.88. The van der Waals surface area contributed by atoms with E-state index in [1.807, 2.05) is 6.07 Å². The van der Waals surface area contributed by atoms with E-state index in [1.54, 1.807) is 0 Å². The molecule has 0 unspecified atom stereocenters. The highest BCUT2D eigenvalue weighted by molar-refractivity contribution is 5.83. The van der Waals surface area contributed by atoms with Gasteiger partial charge in [-0.3, -0.25) is 4.79 Å². The molecule has 0 aliphatic heterocycles. The second kappa shape index (κ2) is 8.74. The number of esters is 1. The number of carboxylic acids is 1. The Morgan fingerprint density at radius 1 is 1.47 bits per heavy atom. The van der Waals surface area contributed by atoms with E-state index in [4.69, 9.17) is 10.4 Å². The van der Waals surface area contributed by atoms with Crippen LogP contribution in [0, 0.1) is 11.3 Å². The zero-order valence-corrected chi connectivity index (χ0v) is 10.9. The molecule has 8 nitrogen and oxygen atoms in total. The van der Waals surface area contributed by atoms with Crippen LogP contribution in [0.15, 0.2) is 0 Å². The minimum atomic E-state index is -1.23. The first-order valence-corrected chi connectivity index (χ1v) is 5.60. The van der Waals surface area contributed by atoms with Crippen LogP contribution in [0.2, 0.25) is 0 Å². The largest absolute Gasteiger partial charge is 0.480 e. The summed E-state index contributed by atoms with van der Waals surface area (Å²) in [5, 5.41) is 19.6. The lowest BCUT2D eigenvalue weighted by Crippen LogP contribution is -2.47. The Morgan fingerprint density at radius 3 is 2.58 bits per heavy atom. The minimum absolute atomic E-state index is 0.0557. The standard InChI is InChI=1S/C11H17N3O5/c1-14(7-3-6-12)11(18)13-8(10(16)17)4-5-9(15)19-2/h8H,3-5,7H2,1-2H3,(H,13,18)(H,16,17)/t8-/m0/s1. The first kappa shape index (κ1) is 16.7. The average Bonchev–Trinajstić information content (AvgIpc) is 2.39. The molecule has 0 saturated carbocycles. The molecule has 2 amide bonds. The SMILES string of the molecule is COC(=O)CC[C@H](NC(=O)N(C)CCC#N)C(=O)O. The maximum absolute atomic E-state index is 11.6. The third-order valence-electron chi connectivity index (χ3n) is 2.37. The Labute approximate surface area is 110 Å². The van der Waals surface area contributed by atoms with Crippen molar-refractivity contribution in [2.24, 2.45) is 0 Å². The van der Waals surface area contributed by atoms with E-state index in [2.05, 4.69) is 10.1 Å². The van der Waals surface area contributed by atoms with Gasteiger partial charge in [0.15, 0.2) is 0 Å². The number of urea groups is 1. The van der Waals surface area contributed by atoms with E-state index in [-0.39, 0.29) is 25.8 Å². The molecular weight excluding hydrogens is 254 g/mol. The van der Waals surface area contributed by atoms with Crippen LogP contribution < -0.4 is 5.32 Å². The maximum atomic E-state index is 11.6. The van der Waals surface area contributed by atoms with Crippen molar-refractivity contribution in [1.29, 1.82) is 5.26 Å². The van der Waals surface area contributed by atoms with Gasteiger partial charge in [-0.2, -0.15) is 5.26 Å². The summed E-state index contributed by atoms with van der Waals surface area (Å²) in [7, 11) is 2.65. The number of carbonyl (C=O) groups excluding carboxylic acids is 2. The van der Waals surface area contributed by atoms with Gasteiger partial charge in [0, 0.05) is 20.0 Å². The molecule has 8 heteroatoms. The number of hydrogen-bond acceptors (Lipinski definition) is 5. The van der Waals surface area contributed by atoms with Crippen LogP contribution >= 0.6 is 0 Å². The highest BCUT2D eigenvalue weighted by Crippen LogP contribution is 2.01. The Bertz CT molecular complexity index is 377. The minimum Gasteiger partial charge on any atom is -0.480 e. The Morgan fingerprint density at radius 2 is 2.11 bits per heavy atom. The number of ether oxygens (including phenoxy) is 1. The maximum Gasteiger partial charge on any atom is 0.326 e. The molecule has 0 bridgehead atoms. The lowest BCUT2D eigenvalue weighted by atomic mass is 10.1. The number of nitrogens with one attached hydrogen (secondary N) is 1. The smallest absolute Gasteiger partial charge is 0.326 e. The van der Waals surface area contributed by atoms with E-state index >= 15 is 0 Å². The van der Waals surface area contributed by atoms with Crippen molar-refractivity contribution >= 4 is 18.0 Å². The number of amides is 2. The molecule has 0 heterocycles. The molecule has 19 heavy (non-hydrogen) atoms. The number of hydrogen-bond donors (Lipinski definition) is 2. The van der Waals surface area contributed by atoms with Crippen LogP contribution in [0.5, 0.6) is 0 Å². The van der Waals surface area contributed by atoms with Crippen molar-refractivity contribution in [3.05, 3.63) is 0 Å². The number of carboxylic acid groups (broad SMARTS) is 1. The van der Waals surface area contributed by atoms with Crippen molar-refractivity contribution in [2.75, 3.05) is 20.7 Å². The summed E-state index contributed by atoms with van der Waals surface area (Å²) in [6, 6.07) is 0.104. The van der Waals surface area contributed by atoms with Gasteiger partial charge >= 0.3 is 18.0 Å². The van der Waals surface area contributed by atoms with Crippen molar-refractivity contribution in [2.45, 2.75) is 25.3 Å². The summed E-state index contributed by atoms with van der Waals surface area (Å²) in [5.74, 6) is -1.77. The predicted molar refractivity (Wildman–Crippen MR) is 64.1 cm³/mol. The molecule has 0 radical (unpaired) electrons. The number of rotatable bonds is 7. The summed E-state index contributed by atoms with van der Waals surface area (Å²) in [5.41, 5.74) is 0. The fourth-order valence-corrected chi connectivity index (χ4v) is 1.20. The topological polar surface area (TPSA) is 120 Å². The molecular formula is C11H17N3O5. The molecule has 0 saturated heterocycles. The molecule has 2 N–H and O–H groups in total. The summed E-state index contributed by atoms with van der Waals surface area (Å²) in [6.45, 7) is 0.200. The van der Waals surface area contributed by atoms with E-state index in [0.717, 1.165) is 0 Å². The molecule has 0 rings (SSSR count). The zero-order valence-electron chi connectivity index (χ0n) is 10.9. The fourth-order valence-electron chi connectivity index (χ4n) is 1.20. The van der Waals surface area contributed by atoms with Crippen LogP contribution in [0.4, 0.5) is 4.79 Å². The number of aliphatic carboxylic acids is 1. The second-order valence-corrected chi connectivity index (χ2v) is 3.78. The Hall–Kier alpha value is -2.30. The van der Waals surface area contributed by atoms with E-state index in [1.165, 1.54) is 19.1 Å². The molecule has 0 aromatic carbocycles. The summed E-state index contributed by atoms with van der Waals surface area (Å²) in [4.78, 5) is 34.7. The molecule has 0 aromatic heterocycles. The van der Waals surface area contributed by atoms with Gasteiger partial charge in [0.05, 0.1) is 19.6 Å². The molecule has 1 atom stereocenters. The highest BCUT2D eigenvalue weighted by Gasteiger charge is 2.22. The summed E-state index contributed by atoms with van der Waals surface area (Å²) < 4.78 is 4.39. The average molecular weight is 271 g/mol. The second-order valence-electron chi connectivity index (χ2n) is 3.78. The molecule has 0 aliphatic rings. The zero-order chi connectivity index (χ0) is 14.8. The van der Waals surface area contributed by atoms with Crippen molar-refractivity contribution in [3.8, 4) is 6.07 Å². The lowest BCUT2D eigenvalue weighted by Gasteiger charge is -2.20. The van der Waals surface area contributed by atoms with Crippen molar-refractivity contribution in [3.63, 3.8) is 0 Å². The lowest BCUT2D eigenvalue weighted by molar-refractivity contribution is -0.142. The van der Waals surface area contributed by atoms with Gasteiger partial charge in [-0.1, -0.05) is 0 Å². The van der Waals surface area contributed by atoms with Gasteiger partial charge < -0.3 is 20.1 Å². The number of methoxy groups -OCH3 is 1. The van der Waals surface area contributed by atoms with Gasteiger partial charge in [-0.15, -0.1) is 0 Å². The van der Waals surface area contributed by atoms with Gasteiger partial charge in [0.2, 0.25) is 0 Å². The van der Waals surface area contributed by atoms with Crippen LogP contribution in [0.3, 0.4) is 0 Å². The number of carbonyl (C=O) groups is 3. The van der Waals surface area contributed by atoms with Gasteiger partial charge in [0.25, 0.3) is 0 Å². The van der Waals surface area contributed by atoms with Crippen LogP contribution in [0.25, 0.3) is 0 Å². The normalized spacial score (nSPS) is 11.0. The van der Waals surface area contributed by atoms with Gasteiger partial charge in [0.1, 0.15) is 6.04 Å². The number of nitrogens with zero attached hydrogens (tertiary/aromatic N) is 2. The summed E-state index contributed by atoms with van der Waals surface area (Å²) >= 11 is 0. The molecule has 0 spiro atoms. The van der Waals surface area contributed by atoms with Gasteiger partial charge in [-0.25, -0.2) is 9.59 Å². The van der Waals surface area contributed by atoms with E-state index < -0.39 is 24.0 Å². The highest BCUT2D eigenvalue weighted by atomic mass is 16.5. The molecule has 0 aromatic rings. The first-order chi connectivity index (χ1) is 8.92. The quantitative estimate of drug-likeness (QED) is 0.626.